The first kappa shape index (κ1) is 14.8. The third kappa shape index (κ3) is 3.94. The fourth-order valence-electron chi connectivity index (χ4n) is 1.94. The van der Waals surface area contributed by atoms with Crippen molar-refractivity contribution in [3.63, 3.8) is 0 Å². The van der Waals surface area contributed by atoms with Gasteiger partial charge in [0.1, 0.15) is 6.07 Å². The minimum absolute atomic E-state index is 0.641. The van der Waals surface area contributed by atoms with Crippen LogP contribution in [0.2, 0.25) is 0 Å². The third-order valence-corrected chi connectivity index (χ3v) is 3.94. The molecule has 0 aliphatic rings. The quantitative estimate of drug-likeness (QED) is 0.860. The normalized spacial score (nSPS) is 10.5. The third-order valence-electron chi connectivity index (χ3n) is 2.90. The molecule has 0 saturated carbocycles. The SMILES string of the molecule is CN(Cc1ccc(/C=C/C(=O)O)s1)c1ccccc1C#N. The second-order valence-electron chi connectivity index (χ2n) is 4.46. The lowest BCUT2D eigenvalue weighted by Gasteiger charge is -2.19. The molecule has 1 aromatic carbocycles. The van der Waals surface area contributed by atoms with Crippen LogP contribution in [0.4, 0.5) is 5.69 Å². The average molecular weight is 298 g/mol. The molecule has 106 valence electrons. The largest absolute Gasteiger partial charge is 0.478 e. The van der Waals surface area contributed by atoms with Crippen LogP contribution >= 0.6 is 11.3 Å². The van der Waals surface area contributed by atoms with E-state index in [2.05, 4.69) is 6.07 Å². The number of nitrogens with zero attached hydrogens (tertiary/aromatic N) is 2. The molecule has 2 rings (SSSR count). The van der Waals surface area contributed by atoms with E-state index >= 15 is 0 Å². The van der Waals surface area contributed by atoms with E-state index < -0.39 is 5.97 Å². The highest BCUT2D eigenvalue weighted by atomic mass is 32.1. The summed E-state index contributed by atoms with van der Waals surface area (Å²) in [6, 6.07) is 13.5. The van der Waals surface area contributed by atoms with Crippen LogP contribution in [0.3, 0.4) is 0 Å². The van der Waals surface area contributed by atoms with E-state index in [1.165, 1.54) is 11.3 Å². The van der Waals surface area contributed by atoms with Crippen LogP contribution in [0.5, 0.6) is 0 Å². The number of aliphatic carboxylic acids is 1. The molecule has 0 spiro atoms. The van der Waals surface area contributed by atoms with Gasteiger partial charge in [0.05, 0.1) is 17.8 Å². The highest BCUT2D eigenvalue weighted by Gasteiger charge is 2.08. The molecule has 1 heterocycles. The van der Waals surface area contributed by atoms with Crippen molar-refractivity contribution in [2.24, 2.45) is 0 Å². The Morgan fingerprint density at radius 3 is 2.86 bits per heavy atom. The first-order valence-corrected chi connectivity index (χ1v) is 7.12. The molecule has 1 aromatic heterocycles. The van der Waals surface area contributed by atoms with Gasteiger partial charge in [0.15, 0.2) is 0 Å². The maximum Gasteiger partial charge on any atom is 0.328 e. The molecule has 0 aliphatic carbocycles. The number of nitriles is 1. The van der Waals surface area contributed by atoms with Gasteiger partial charge in [-0.25, -0.2) is 4.79 Å². The Morgan fingerprint density at radius 2 is 2.14 bits per heavy atom. The van der Waals surface area contributed by atoms with E-state index in [1.807, 2.05) is 42.3 Å². The number of thiophene rings is 1. The van der Waals surface area contributed by atoms with Gasteiger partial charge in [0.2, 0.25) is 0 Å². The lowest BCUT2D eigenvalue weighted by Crippen LogP contribution is -2.16. The van der Waals surface area contributed by atoms with Gasteiger partial charge in [0, 0.05) is 22.9 Å². The first-order chi connectivity index (χ1) is 10.1. The molecule has 1 N–H and O–H groups in total. The Kier molecular flexibility index (Phi) is 4.75. The molecular formula is C16H14N2O2S. The van der Waals surface area contributed by atoms with Crippen molar-refractivity contribution in [2.75, 3.05) is 11.9 Å². The number of para-hydroxylation sites is 1. The van der Waals surface area contributed by atoms with E-state index in [0.29, 0.717) is 12.1 Å². The van der Waals surface area contributed by atoms with Crippen LogP contribution in [0.25, 0.3) is 6.08 Å². The molecule has 0 unspecified atom stereocenters. The van der Waals surface area contributed by atoms with Gasteiger partial charge in [-0.15, -0.1) is 11.3 Å². The number of benzene rings is 1. The molecule has 0 atom stereocenters. The van der Waals surface area contributed by atoms with E-state index in [9.17, 15) is 4.79 Å². The predicted octanol–water partition coefficient (Wildman–Crippen LogP) is 3.35. The summed E-state index contributed by atoms with van der Waals surface area (Å²) in [6.45, 7) is 0.671. The molecule has 0 radical (unpaired) electrons. The highest BCUT2D eigenvalue weighted by Crippen LogP contribution is 2.24. The molecule has 0 aliphatic heterocycles. The van der Waals surface area contributed by atoms with Crippen LogP contribution in [0.1, 0.15) is 15.3 Å². The Balaban J connectivity index is 2.11. The number of carboxylic acids is 1. The van der Waals surface area contributed by atoms with Crippen molar-refractivity contribution in [1.82, 2.24) is 0 Å². The number of rotatable bonds is 5. The summed E-state index contributed by atoms with van der Waals surface area (Å²) in [5, 5.41) is 17.7. The molecule has 0 bridgehead atoms. The molecule has 21 heavy (non-hydrogen) atoms. The lowest BCUT2D eigenvalue weighted by atomic mass is 10.2. The van der Waals surface area contributed by atoms with Gasteiger partial charge in [-0.05, 0) is 30.3 Å². The van der Waals surface area contributed by atoms with Crippen molar-refractivity contribution < 1.29 is 9.90 Å². The second kappa shape index (κ2) is 6.73. The van der Waals surface area contributed by atoms with Crippen molar-refractivity contribution >= 4 is 29.1 Å². The van der Waals surface area contributed by atoms with Crippen LogP contribution in [-0.2, 0) is 11.3 Å². The molecule has 0 fully saturated rings. The Bertz CT molecular complexity index is 713. The maximum absolute atomic E-state index is 10.5. The van der Waals surface area contributed by atoms with E-state index in [4.69, 9.17) is 10.4 Å². The number of carboxylic acid groups (broad SMARTS) is 1. The van der Waals surface area contributed by atoms with Crippen LogP contribution in [0.15, 0.2) is 42.5 Å². The smallest absolute Gasteiger partial charge is 0.328 e. The fraction of sp³-hybridized carbons (Fsp3) is 0.125. The van der Waals surface area contributed by atoms with E-state index in [-0.39, 0.29) is 0 Å². The van der Waals surface area contributed by atoms with Crippen molar-refractivity contribution in [2.45, 2.75) is 6.54 Å². The summed E-state index contributed by atoms with van der Waals surface area (Å²) < 4.78 is 0. The summed E-state index contributed by atoms with van der Waals surface area (Å²) in [6.07, 6.45) is 2.71. The molecule has 4 nitrogen and oxygen atoms in total. The summed E-state index contributed by atoms with van der Waals surface area (Å²) in [7, 11) is 1.93. The lowest BCUT2D eigenvalue weighted by molar-refractivity contribution is -0.131. The monoisotopic (exact) mass is 298 g/mol. The number of hydrogen-bond donors (Lipinski definition) is 1. The molecule has 2 aromatic rings. The standard InChI is InChI=1S/C16H14N2O2S/c1-18(15-5-3-2-4-12(15)10-17)11-14-7-6-13(21-14)8-9-16(19)20/h2-9H,11H2,1H3,(H,19,20)/b9-8+. The van der Waals surface area contributed by atoms with Crippen LogP contribution in [0, 0.1) is 11.3 Å². The van der Waals surface area contributed by atoms with Crippen LogP contribution < -0.4 is 4.90 Å². The molecule has 0 amide bonds. The zero-order chi connectivity index (χ0) is 15.2. The first-order valence-electron chi connectivity index (χ1n) is 6.30. The predicted molar refractivity (Wildman–Crippen MR) is 84.3 cm³/mol. The minimum Gasteiger partial charge on any atom is -0.478 e. The molecule has 0 saturated heterocycles. The van der Waals surface area contributed by atoms with E-state index in [0.717, 1.165) is 21.5 Å². The Labute approximate surface area is 127 Å². The average Bonchev–Trinajstić information content (AvgIpc) is 2.92. The van der Waals surface area contributed by atoms with Gasteiger partial charge in [-0.3, -0.25) is 0 Å². The number of carbonyl (C=O) groups is 1. The van der Waals surface area contributed by atoms with Gasteiger partial charge in [0.25, 0.3) is 0 Å². The fourth-order valence-corrected chi connectivity index (χ4v) is 2.91. The minimum atomic E-state index is -0.954. The van der Waals surface area contributed by atoms with Gasteiger partial charge >= 0.3 is 5.97 Å². The summed E-state index contributed by atoms with van der Waals surface area (Å²) in [5.74, 6) is -0.954. The van der Waals surface area contributed by atoms with Gasteiger partial charge in [-0.2, -0.15) is 5.26 Å². The zero-order valence-corrected chi connectivity index (χ0v) is 12.3. The summed E-state index contributed by atoms with van der Waals surface area (Å²) in [5.41, 5.74) is 1.53. The Morgan fingerprint density at radius 1 is 1.38 bits per heavy atom. The van der Waals surface area contributed by atoms with Crippen molar-refractivity contribution in [1.29, 1.82) is 5.26 Å². The molecular weight excluding hydrogens is 284 g/mol. The highest BCUT2D eigenvalue weighted by molar-refractivity contribution is 7.12. The number of anilines is 1. The van der Waals surface area contributed by atoms with E-state index in [1.54, 1.807) is 12.1 Å². The maximum atomic E-state index is 10.5. The molecule has 5 heteroatoms. The van der Waals surface area contributed by atoms with Crippen molar-refractivity contribution in [3.05, 3.63) is 57.8 Å². The number of hydrogen-bond acceptors (Lipinski definition) is 4. The summed E-state index contributed by atoms with van der Waals surface area (Å²) in [4.78, 5) is 14.5. The summed E-state index contributed by atoms with van der Waals surface area (Å²) >= 11 is 1.54. The second-order valence-corrected chi connectivity index (χ2v) is 5.66. The van der Waals surface area contributed by atoms with Crippen LogP contribution in [-0.4, -0.2) is 18.1 Å². The van der Waals surface area contributed by atoms with Gasteiger partial charge < -0.3 is 10.0 Å². The van der Waals surface area contributed by atoms with Gasteiger partial charge in [-0.1, -0.05) is 12.1 Å². The Hall–Kier alpha value is -2.58. The zero-order valence-electron chi connectivity index (χ0n) is 11.5. The topological polar surface area (TPSA) is 64.3 Å². The van der Waals surface area contributed by atoms with Crippen molar-refractivity contribution in [3.8, 4) is 6.07 Å².